The van der Waals surface area contributed by atoms with Crippen molar-refractivity contribution in [3.63, 3.8) is 0 Å². The topological polar surface area (TPSA) is 54.0 Å². The number of aromatic nitrogens is 1. The molecule has 0 spiro atoms. The number of pyridine rings is 1. The van der Waals surface area contributed by atoms with Crippen LogP contribution in [-0.4, -0.2) is 24.5 Å². The standard InChI is InChI=1S/C8H10BrN3O/c1-10-8(13)5-11-7-4-2-3-6(9)12-7/h2-4H,5H2,1H3,(H,10,13)(H,11,12). The van der Waals surface area contributed by atoms with E-state index < -0.39 is 0 Å². The van der Waals surface area contributed by atoms with Crippen LogP contribution in [0.2, 0.25) is 0 Å². The molecule has 5 heteroatoms. The van der Waals surface area contributed by atoms with Gasteiger partial charge in [-0.1, -0.05) is 6.07 Å². The maximum atomic E-state index is 10.9. The molecule has 0 aliphatic heterocycles. The first-order valence-corrected chi connectivity index (χ1v) is 4.58. The van der Waals surface area contributed by atoms with Crippen molar-refractivity contribution >= 4 is 27.7 Å². The molecule has 0 aromatic carbocycles. The molecule has 4 nitrogen and oxygen atoms in total. The average Bonchev–Trinajstić information content (AvgIpc) is 2.14. The minimum absolute atomic E-state index is 0.0678. The lowest BCUT2D eigenvalue weighted by Crippen LogP contribution is -2.26. The van der Waals surface area contributed by atoms with Gasteiger partial charge in [0.1, 0.15) is 10.4 Å². The van der Waals surface area contributed by atoms with Crippen LogP contribution in [0.4, 0.5) is 5.82 Å². The third-order valence-electron chi connectivity index (χ3n) is 1.42. The summed E-state index contributed by atoms with van der Waals surface area (Å²) in [5.74, 6) is 0.611. The van der Waals surface area contributed by atoms with Gasteiger partial charge in [0.05, 0.1) is 6.54 Å². The van der Waals surface area contributed by atoms with Gasteiger partial charge in [-0.2, -0.15) is 0 Å². The van der Waals surface area contributed by atoms with Crippen molar-refractivity contribution in [1.82, 2.24) is 10.3 Å². The first-order chi connectivity index (χ1) is 6.22. The maximum absolute atomic E-state index is 10.9. The molecule has 2 N–H and O–H groups in total. The summed E-state index contributed by atoms with van der Waals surface area (Å²) in [5, 5.41) is 5.39. The summed E-state index contributed by atoms with van der Waals surface area (Å²) in [4.78, 5) is 15.0. The molecule has 0 saturated carbocycles. The van der Waals surface area contributed by atoms with Gasteiger partial charge in [0.25, 0.3) is 0 Å². The van der Waals surface area contributed by atoms with Crippen LogP contribution in [0.25, 0.3) is 0 Å². The zero-order valence-corrected chi connectivity index (χ0v) is 8.76. The van der Waals surface area contributed by atoms with Gasteiger partial charge in [0, 0.05) is 7.05 Å². The highest BCUT2D eigenvalue weighted by Gasteiger charge is 1.98. The van der Waals surface area contributed by atoms with Crippen LogP contribution >= 0.6 is 15.9 Å². The Morgan fingerprint density at radius 2 is 2.38 bits per heavy atom. The molecule has 0 unspecified atom stereocenters. The number of amides is 1. The smallest absolute Gasteiger partial charge is 0.239 e. The van der Waals surface area contributed by atoms with E-state index in [1.54, 1.807) is 13.1 Å². The minimum atomic E-state index is -0.0678. The fourth-order valence-electron chi connectivity index (χ4n) is 0.766. The molecular formula is C8H10BrN3O. The van der Waals surface area contributed by atoms with E-state index in [1.807, 2.05) is 12.1 Å². The Kier molecular flexibility index (Phi) is 3.70. The van der Waals surface area contributed by atoms with Crippen LogP contribution in [0, 0.1) is 0 Å². The summed E-state index contributed by atoms with van der Waals surface area (Å²) < 4.78 is 0.745. The van der Waals surface area contributed by atoms with E-state index >= 15 is 0 Å². The van der Waals surface area contributed by atoms with Gasteiger partial charge in [0.2, 0.25) is 5.91 Å². The summed E-state index contributed by atoms with van der Waals surface area (Å²) in [7, 11) is 1.60. The lowest BCUT2D eigenvalue weighted by Gasteiger charge is -2.03. The van der Waals surface area contributed by atoms with E-state index in [9.17, 15) is 4.79 Å². The molecule has 0 fully saturated rings. The molecule has 70 valence electrons. The third kappa shape index (κ3) is 3.42. The minimum Gasteiger partial charge on any atom is -0.361 e. The van der Waals surface area contributed by atoms with Crippen LogP contribution in [-0.2, 0) is 4.79 Å². The summed E-state index contributed by atoms with van der Waals surface area (Å²) >= 11 is 3.23. The van der Waals surface area contributed by atoms with Gasteiger partial charge in [0.15, 0.2) is 0 Å². The van der Waals surface area contributed by atoms with Crippen molar-refractivity contribution in [3.8, 4) is 0 Å². The van der Waals surface area contributed by atoms with E-state index in [0.29, 0.717) is 5.82 Å². The molecule has 13 heavy (non-hydrogen) atoms. The third-order valence-corrected chi connectivity index (χ3v) is 1.87. The predicted molar refractivity (Wildman–Crippen MR) is 54.5 cm³/mol. The average molecular weight is 244 g/mol. The monoisotopic (exact) mass is 243 g/mol. The van der Waals surface area contributed by atoms with Gasteiger partial charge in [-0.15, -0.1) is 0 Å². The zero-order chi connectivity index (χ0) is 9.68. The first kappa shape index (κ1) is 9.98. The molecule has 1 rings (SSSR count). The first-order valence-electron chi connectivity index (χ1n) is 3.79. The second-order valence-corrected chi connectivity index (χ2v) is 3.18. The van der Waals surface area contributed by atoms with Crippen LogP contribution < -0.4 is 10.6 Å². The predicted octanol–water partition coefficient (Wildman–Crippen LogP) is 1.00. The second kappa shape index (κ2) is 4.81. The summed E-state index contributed by atoms with van der Waals surface area (Å²) in [6, 6.07) is 5.47. The number of hydrogen-bond donors (Lipinski definition) is 2. The normalized spacial score (nSPS) is 9.38. The quantitative estimate of drug-likeness (QED) is 0.780. The van der Waals surface area contributed by atoms with E-state index in [1.165, 1.54) is 0 Å². The Hall–Kier alpha value is -1.10. The number of anilines is 1. The van der Waals surface area contributed by atoms with Crippen LogP contribution in [0.5, 0.6) is 0 Å². The molecular weight excluding hydrogens is 234 g/mol. The molecule has 0 radical (unpaired) electrons. The Bertz CT molecular complexity index is 303. The number of hydrogen-bond acceptors (Lipinski definition) is 3. The highest BCUT2D eigenvalue weighted by molar-refractivity contribution is 9.10. The van der Waals surface area contributed by atoms with Crippen molar-refractivity contribution in [2.24, 2.45) is 0 Å². The van der Waals surface area contributed by atoms with Gasteiger partial charge >= 0.3 is 0 Å². The number of nitrogens with zero attached hydrogens (tertiary/aromatic N) is 1. The second-order valence-electron chi connectivity index (χ2n) is 2.37. The Morgan fingerprint density at radius 1 is 1.62 bits per heavy atom. The molecule has 0 aliphatic rings. The Morgan fingerprint density at radius 3 is 3.00 bits per heavy atom. The van der Waals surface area contributed by atoms with Crippen molar-refractivity contribution in [2.75, 3.05) is 18.9 Å². The SMILES string of the molecule is CNC(=O)CNc1cccc(Br)n1. The van der Waals surface area contributed by atoms with E-state index in [2.05, 4.69) is 31.5 Å². The highest BCUT2D eigenvalue weighted by atomic mass is 79.9. The molecule has 0 atom stereocenters. The zero-order valence-electron chi connectivity index (χ0n) is 7.17. The molecule has 1 aromatic heterocycles. The number of carbonyl (C=O) groups excluding carboxylic acids is 1. The van der Waals surface area contributed by atoms with Gasteiger partial charge < -0.3 is 10.6 Å². The van der Waals surface area contributed by atoms with E-state index in [4.69, 9.17) is 0 Å². The molecule has 0 bridgehead atoms. The number of carbonyl (C=O) groups is 1. The van der Waals surface area contributed by atoms with Crippen molar-refractivity contribution < 1.29 is 4.79 Å². The Labute approximate surface area is 84.9 Å². The molecule has 0 aliphatic carbocycles. The van der Waals surface area contributed by atoms with Crippen molar-refractivity contribution in [3.05, 3.63) is 22.8 Å². The Balaban J connectivity index is 2.50. The molecule has 1 heterocycles. The van der Waals surface area contributed by atoms with Crippen molar-refractivity contribution in [2.45, 2.75) is 0 Å². The van der Waals surface area contributed by atoms with E-state index in [0.717, 1.165) is 4.60 Å². The lowest BCUT2D eigenvalue weighted by atomic mass is 10.4. The molecule has 0 saturated heterocycles. The van der Waals surface area contributed by atoms with E-state index in [-0.39, 0.29) is 12.5 Å². The highest BCUT2D eigenvalue weighted by Crippen LogP contribution is 2.09. The molecule has 1 aromatic rings. The lowest BCUT2D eigenvalue weighted by molar-refractivity contribution is -0.118. The van der Waals surface area contributed by atoms with Gasteiger partial charge in [-0.05, 0) is 28.1 Å². The number of nitrogens with one attached hydrogen (secondary N) is 2. The fourth-order valence-corrected chi connectivity index (χ4v) is 1.11. The van der Waals surface area contributed by atoms with Crippen LogP contribution in [0.3, 0.4) is 0 Å². The number of rotatable bonds is 3. The van der Waals surface area contributed by atoms with Gasteiger partial charge in [-0.3, -0.25) is 4.79 Å². The summed E-state index contributed by atoms with van der Waals surface area (Å²) in [6.07, 6.45) is 0. The largest absolute Gasteiger partial charge is 0.361 e. The van der Waals surface area contributed by atoms with Crippen molar-refractivity contribution in [1.29, 1.82) is 0 Å². The number of halogens is 1. The summed E-state index contributed by atoms with van der Waals surface area (Å²) in [6.45, 7) is 0.236. The maximum Gasteiger partial charge on any atom is 0.239 e. The van der Waals surface area contributed by atoms with Crippen LogP contribution in [0.15, 0.2) is 22.8 Å². The van der Waals surface area contributed by atoms with Gasteiger partial charge in [-0.25, -0.2) is 4.98 Å². The van der Waals surface area contributed by atoms with Crippen LogP contribution in [0.1, 0.15) is 0 Å². The number of likely N-dealkylation sites (N-methyl/N-ethyl adjacent to an activating group) is 1. The summed E-state index contributed by atoms with van der Waals surface area (Å²) in [5.41, 5.74) is 0. The molecule has 1 amide bonds. The fraction of sp³-hybridized carbons (Fsp3) is 0.250.